The first-order chi connectivity index (χ1) is 35.7. The number of para-hydroxylation sites is 2. The molecule has 0 unspecified atom stereocenters. The van der Waals surface area contributed by atoms with Gasteiger partial charge in [-0.25, -0.2) is 0 Å². The van der Waals surface area contributed by atoms with Crippen LogP contribution in [-0.2, 0) is 0 Å². The molecular formula is C70H48N2. The van der Waals surface area contributed by atoms with Crippen molar-refractivity contribution in [1.82, 2.24) is 4.57 Å². The van der Waals surface area contributed by atoms with Crippen molar-refractivity contribution in [2.24, 2.45) is 0 Å². The Morgan fingerprint density at radius 3 is 1.38 bits per heavy atom. The van der Waals surface area contributed by atoms with E-state index in [0.29, 0.717) is 0 Å². The van der Waals surface area contributed by atoms with Gasteiger partial charge in [-0.1, -0.05) is 237 Å². The summed E-state index contributed by atoms with van der Waals surface area (Å²) in [7, 11) is 0. The van der Waals surface area contributed by atoms with Crippen LogP contribution in [-0.4, -0.2) is 4.57 Å². The summed E-state index contributed by atoms with van der Waals surface area (Å²) in [6.07, 6.45) is 0. The van der Waals surface area contributed by atoms with Crippen molar-refractivity contribution in [2.45, 2.75) is 0 Å². The van der Waals surface area contributed by atoms with Crippen molar-refractivity contribution in [3.05, 3.63) is 291 Å². The predicted octanol–water partition coefficient (Wildman–Crippen LogP) is 19.4. The summed E-state index contributed by atoms with van der Waals surface area (Å²) in [5, 5.41) is 4.83. The summed E-state index contributed by atoms with van der Waals surface area (Å²) < 4.78 is 2.47. The molecule has 338 valence electrons. The highest BCUT2D eigenvalue weighted by atomic mass is 15.2. The lowest BCUT2D eigenvalue weighted by molar-refractivity contribution is 1.18. The van der Waals surface area contributed by atoms with Gasteiger partial charge in [0, 0.05) is 27.6 Å². The van der Waals surface area contributed by atoms with Gasteiger partial charge in [-0.15, -0.1) is 0 Å². The number of aromatic nitrogens is 1. The fourth-order valence-corrected chi connectivity index (χ4v) is 10.7. The molecule has 2 heteroatoms. The molecular weight excluding hydrogens is 869 g/mol. The summed E-state index contributed by atoms with van der Waals surface area (Å²) >= 11 is 0. The molecule has 1 heterocycles. The zero-order valence-electron chi connectivity index (χ0n) is 39.6. The Kier molecular flexibility index (Phi) is 10.9. The minimum Gasteiger partial charge on any atom is -0.309 e. The molecule has 12 aromatic carbocycles. The van der Waals surface area contributed by atoms with Gasteiger partial charge in [-0.05, 0) is 121 Å². The fourth-order valence-electron chi connectivity index (χ4n) is 10.7. The van der Waals surface area contributed by atoms with Gasteiger partial charge in [0.1, 0.15) is 0 Å². The third kappa shape index (κ3) is 7.82. The Hall–Kier alpha value is -9.50. The van der Waals surface area contributed by atoms with Crippen molar-refractivity contribution in [3.8, 4) is 72.4 Å². The number of hydrogen-bond donors (Lipinski definition) is 0. The highest BCUT2D eigenvalue weighted by molar-refractivity contribution is 6.17. The van der Waals surface area contributed by atoms with Crippen LogP contribution in [0.1, 0.15) is 0 Å². The molecule has 0 aliphatic heterocycles. The quantitative estimate of drug-likeness (QED) is 0.133. The highest BCUT2D eigenvalue weighted by Crippen LogP contribution is 2.48. The van der Waals surface area contributed by atoms with Crippen molar-refractivity contribution >= 4 is 49.6 Å². The number of anilines is 3. The SMILES string of the molecule is c1ccc(-c2ccc(-c3ccc(N(c4ccc(-c5ccc6ccccc6c5)cc4-c4ccccc4)c4cccc5c4c4ccccc4n5-c4ccccc4-c4ccc(-c5ccccc5)cc4)cc3)cc2)cc1. The average Bonchev–Trinajstić information content (AvgIpc) is 3.81. The van der Waals surface area contributed by atoms with Gasteiger partial charge in [0.05, 0.1) is 28.1 Å². The van der Waals surface area contributed by atoms with Crippen LogP contribution in [0.2, 0.25) is 0 Å². The monoisotopic (exact) mass is 916 g/mol. The van der Waals surface area contributed by atoms with Crippen molar-refractivity contribution < 1.29 is 0 Å². The highest BCUT2D eigenvalue weighted by Gasteiger charge is 2.24. The van der Waals surface area contributed by atoms with E-state index >= 15 is 0 Å². The van der Waals surface area contributed by atoms with E-state index < -0.39 is 0 Å². The van der Waals surface area contributed by atoms with E-state index in [1.54, 1.807) is 0 Å². The maximum atomic E-state index is 2.49. The number of fused-ring (bicyclic) bond motifs is 4. The van der Waals surface area contributed by atoms with Crippen molar-refractivity contribution in [1.29, 1.82) is 0 Å². The Labute approximate surface area is 420 Å². The molecule has 0 amide bonds. The predicted molar refractivity (Wildman–Crippen MR) is 306 cm³/mol. The second kappa shape index (κ2) is 18.4. The second-order valence-electron chi connectivity index (χ2n) is 18.5. The van der Waals surface area contributed by atoms with E-state index in [4.69, 9.17) is 0 Å². The maximum absolute atomic E-state index is 2.49. The maximum Gasteiger partial charge on any atom is 0.0562 e. The zero-order chi connectivity index (χ0) is 47.8. The van der Waals surface area contributed by atoms with Crippen LogP contribution >= 0.6 is 0 Å². The molecule has 0 saturated heterocycles. The lowest BCUT2D eigenvalue weighted by Crippen LogP contribution is -2.12. The number of nitrogens with zero attached hydrogens (tertiary/aromatic N) is 2. The Balaban J connectivity index is 1.01. The molecule has 13 rings (SSSR count). The summed E-state index contributed by atoms with van der Waals surface area (Å²) in [4.78, 5) is 2.49. The van der Waals surface area contributed by atoms with Gasteiger partial charge < -0.3 is 9.47 Å². The Morgan fingerprint density at radius 2 is 0.708 bits per heavy atom. The summed E-state index contributed by atoms with van der Waals surface area (Å²) in [6.45, 7) is 0. The van der Waals surface area contributed by atoms with Crippen LogP contribution in [0.25, 0.3) is 105 Å². The van der Waals surface area contributed by atoms with E-state index in [2.05, 4.69) is 301 Å². The molecule has 0 atom stereocenters. The third-order valence-electron chi connectivity index (χ3n) is 14.2. The van der Waals surface area contributed by atoms with E-state index in [1.807, 2.05) is 0 Å². The number of rotatable bonds is 10. The first-order valence-electron chi connectivity index (χ1n) is 24.7. The molecule has 0 radical (unpaired) electrons. The molecule has 1 aromatic heterocycles. The molecule has 0 spiro atoms. The van der Waals surface area contributed by atoms with Gasteiger partial charge in [0.25, 0.3) is 0 Å². The number of benzene rings is 12. The average molecular weight is 917 g/mol. The van der Waals surface area contributed by atoms with Gasteiger partial charge in [-0.2, -0.15) is 0 Å². The third-order valence-corrected chi connectivity index (χ3v) is 14.2. The molecule has 0 aliphatic rings. The summed E-state index contributed by atoms with van der Waals surface area (Å²) in [6, 6.07) is 106. The van der Waals surface area contributed by atoms with Gasteiger partial charge in [0.2, 0.25) is 0 Å². The van der Waals surface area contributed by atoms with E-state index in [-0.39, 0.29) is 0 Å². The molecule has 0 aliphatic carbocycles. The Morgan fingerprint density at radius 1 is 0.250 bits per heavy atom. The number of hydrogen-bond acceptors (Lipinski definition) is 1. The smallest absolute Gasteiger partial charge is 0.0562 e. The molecule has 0 saturated carbocycles. The summed E-state index contributed by atoms with van der Waals surface area (Å²) in [5.74, 6) is 0. The minimum absolute atomic E-state index is 1.07. The van der Waals surface area contributed by atoms with Crippen molar-refractivity contribution in [3.63, 3.8) is 0 Å². The normalized spacial score (nSPS) is 11.3. The lowest BCUT2D eigenvalue weighted by Gasteiger charge is -2.29. The fraction of sp³-hybridized carbons (Fsp3) is 0. The van der Waals surface area contributed by atoms with Gasteiger partial charge in [0.15, 0.2) is 0 Å². The van der Waals surface area contributed by atoms with E-state index in [0.717, 1.165) is 50.5 Å². The van der Waals surface area contributed by atoms with Crippen LogP contribution in [0.3, 0.4) is 0 Å². The van der Waals surface area contributed by atoms with E-state index in [1.165, 1.54) is 71.6 Å². The second-order valence-corrected chi connectivity index (χ2v) is 18.5. The summed E-state index contributed by atoms with van der Waals surface area (Å²) in [5.41, 5.74) is 20.8. The molecule has 13 aromatic rings. The van der Waals surface area contributed by atoms with Gasteiger partial charge in [-0.3, -0.25) is 0 Å². The molecule has 0 fully saturated rings. The van der Waals surface area contributed by atoms with E-state index in [9.17, 15) is 0 Å². The lowest BCUT2D eigenvalue weighted by atomic mass is 9.94. The van der Waals surface area contributed by atoms with Crippen molar-refractivity contribution in [2.75, 3.05) is 4.90 Å². The van der Waals surface area contributed by atoms with Gasteiger partial charge >= 0.3 is 0 Å². The zero-order valence-corrected chi connectivity index (χ0v) is 39.6. The van der Waals surface area contributed by atoms with Crippen LogP contribution in [0, 0.1) is 0 Å². The molecule has 0 N–H and O–H groups in total. The topological polar surface area (TPSA) is 8.17 Å². The molecule has 2 nitrogen and oxygen atoms in total. The van der Waals surface area contributed by atoms with Crippen LogP contribution < -0.4 is 4.90 Å². The minimum atomic E-state index is 1.07. The van der Waals surface area contributed by atoms with Crippen LogP contribution in [0.15, 0.2) is 291 Å². The van der Waals surface area contributed by atoms with Crippen LogP contribution in [0.5, 0.6) is 0 Å². The largest absolute Gasteiger partial charge is 0.309 e. The molecule has 0 bridgehead atoms. The molecule has 72 heavy (non-hydrogen) atoms. The Bertz CT molecular complexity index is 4040. The standard InChI is InChI=1S/C70H48N2/c1-4-17-49(18-5-1)52-31-33-54(34-32-52)55-41-44-61(45-42-55)71(67-46-43-60(48-64(67)56-22-8-3-9-23-56)59-40-37-51-21-10-11-24-58(51)47-59)68-29-16-30-69-70(68)63-26-13-15-28-66(63)72(69)65-27-14-12-25-62(65)57-38-35-53(36-39-57)50-19-6-2-7-20-50/h1-48H. The first kappa shape index (κ1) is 42.6. The van der Waals surface area contributed by atoms with Crippen LogP contribution in [0.4, 0.5) is 17.1 Å². The first-order valence-corrected chi connectivity index (χ1v) is 24.7.